The standard InChI is InChI=1S/C13H19N5O/c1-9-10(8-15-17-9)11-16-12(18-19-11)13(14)6-4-2-3-5-7-13/h8H,2-7,14H2,1H3,(H,15,17). The van der Waals surface area contributed by atoms with Crippen molar-refractivity contribution in [2.75, 3.05) is 0 Å². The quantitative estimate of drug-likeness (QED) is 0.809. The number of rotatable bonds is 2. The van der Waals surface area contributed by atoms with Crippen molar-refractivity contribution in [2.24, 2.45) is 5.73 Å². The van der Waals surface area contributed by atoms with E-state index in [1.165, 1.54) is 12.8 Å². The summed E-state index contributed by atoms with van der Waals surface area (Å²) in [6.45, 7) is 1.93. The fourth-order valence-corrected chi connectivity index (χ4v) is 2.68. The van der Waals surface area contributed by atoms with E-state index in [9.17, 15) is 0 Å². The second-order valence-corrected chi connectivity index (χ2v) is 5.40. The Balaban J connectivity index is 1.90. The Hall–Kier alpha value is -1.69. The van der Waals surface area contributed by atoms with Crippen LogP contribution in [0.25, 0.3) is 11.5 Å². The predicted molar refractivity (Wildman–Crippen MR) is 70.2 cm³/mol. The molecule has 2 aromatic rings. The molecule has 0 amide bonds. The lowest BCUT2D eigenvalue weighted by atomic mass is 9.91. The van der Waals surface area contributed by atoms with E-state index in [0.717, 1.165) is 36.9 Å². The van der Waals surface area contributed by atoms with Gasteiger partial charge < -0.3 is 10.3 Å². The van der Waals surface area contributed by atoms with Gasteiger partial charge in [-0.25, -0.2) is 0 Å². The zero-order valence-corrected chi connectivity index (χ0v) is 11.1. The van der Waals surface area contributed by atoms with Crippen LogP contribution in [-0.4, -0.2) is 20.3 Å². The monoisotopic (exact) mass is 261 g/mol. The van der Waals surface area contributed by atoms with E-state index in [0.29, 0.717) is 11.7 Å². The SMILES string of the molecule is Cc1[nH]ncc1-c1nc(C2(N)CCCCCC2)no1. The van der Waals surface area contributed by atoms with E-state index < -0.39 is 5.54 Å². The van der Waals surface area contributed by atoms with Crippen molar-refractivity contribution in [1.29, 1.82) is 0 Å². The molecule has 0 saturated heterocycles. The number of nitrogens with zero attached hydrogens (tertiary/aromatic N) is 3. The highest BCUT2D eigenvalue weighted by molar-refractivity contribution is 5.54. The molecule has 1 saturated carbocycles. The lowest BCUT2D eigenvalue weighted by Gasteiger charge is -2.23. The number of hydrogen-bond donors (Lipinski definition) is 2. The molecule has 1 fully saturated rings. The molecule has 0 bridgehead atoms. The fraction of sp³-hybridized carbons (Fsp3) is 0.615. The van der Waals surface area contributed by atoms with Crippen molar-refractivity contribution < 1.29 is 4.52 Å². The third-order valence-corrected chi connectivity index (χ3v) is 3.93. The smallest absolute Gasteiger partial charge is 0.261 e. The van der Waals surface area contributed by atoms with E-state index in [4.69, 9.17) is 10.3 Å². The molecule has 3 N–H and O–H groups in total. The summed E-state index contributed by atoms with van der Waals surface area (Å²) in [6.07, 6.45) is 8.29. The van der Waals surface area contributed by atoms with Crippen LogP contribution in [-0.2, 0) is 5.54 Å². The minimum Gasteiger partial charge on any atom is -0.334 e. The van der Waals surface area contributed by atoms with Gasteiger partial charge in [0.2, 0.25) is 0 Å². The molecule has 3 rings (SSSR count). The van der Waals surface area contributed by atoms with Gasteiger partial charge in [-0.05, 0) is 19.8 Å². The van der Waals surface area contributed by atoms with Crippen LogP contribution in [0.3, 0.4) is 0 Å². The Morgan fingerprint density at radius 2 is 2.00 bits per heavy atom. The third-order valence-electron chi connectivity index (χ3n) is 3.93. The van der Waals surface area contributed by atoms with Crippen LogP contribution < -0.4 is 5.73 Å². The molecule has 6 heteroatoms. The molecule has 19 heavy (non-hydrogen) atoms. The Morgan fingerprint density at radius 1 is 1.26 bits per heavy atom. The van der Waals surface area contributed by atoms with E-state index in [1.54, 1.807) is 6.20 Å². The van der Waals surface area contributed by atoms with Crippen LogP contribution >= 0.6 is 0 Å². The molecule has 1 aliphatic carbocycles. The van der Waals surface area contributed by atoms with Gasteiger partial charge in [-0.3, -0.25) is 5.10 Å². The second-order valence-electron chi connectivity index (χ2n) is 5.40. The van der Waals surface area contributed by atoms with Gasteiger partial charge in [-0.2, -0.15) is 10.1 Å². The van der Waals surface area contributed by atoms with E-state index in [1.807, 2.05) is 6.92 Å². The average molecular weight is 261 g/mol. The van der Waals surface area contributed by atoms with Crippen LogP contribution in [0.15, 0.2) is 10.7 Å². The summed E-state index contributed by atoms with van der Waals surface area (Å²) < 4.78 is 5.35. The number of aromatic nitrogens is 4. The first kappa shape index (κ1) is 12.3. The van der Waals surface area contributed by atoms with Crippen molar-refractivity contribution in [2.45, 2.75) is 51.0 Å². The Bertz CT molecular complexity index is 551. The topological polar surface area (TPSA) is 93.6 Å². The molecule has 0 aromatic carbocycles. The highest BCUT2D eigenvalue weighted by Gasteiger charge is 2.33. The molecule has 2 aromatic heterocycles. The number of aryl methyl sites for hydroxylation is 1. The summed E-state index contributed by atoms with van der Waals surface area (Å²) in [4.78, 5) is 4.49. The van der Waals surface area contributed by atoms with Gasteiger partial charge in [0, 0.05) is 5.69 Å². The lowest BCUT2D eigenvalue weighted by molar-refractivity contribution is 0.334. The average Bonchev–Trinajstić information content (AvgIpc) is 2.97. The number of hydrogen-bond acceptors (Lipinski definition) is 5. The summed E-state index contributed by atoms with van der Waals surface area (Å²) >= 11 is 0. The first-order valence-electron chi connectivity index (χ1n) is 6.82. The largest absolute Gasteiger partial charge is 0.334 e. The molecular weight excluding hydrogens is 242 g/mol. The van der Waals surface area contributed by atoms with Crippen LogP contribution in [0, 0.1) is 6.92 Å². The van der Waals surface area contributed by atoms with Gasteiger partial charge in [0.1, 0.15) is 0 Å². The maximum Gasteiger partial charge on any atom is 0.261 e. The van der Waals surface area contributed by atoms with Gasteiger partial charge in [0.25, 0.3) is 5.89 Å². The first-order chi connectivity index (χ1) is 9.19. The summed E-state index contributed by atoms with van der Waals surface area (Å²) in [6, 6.07) is 0. The molecule has 0 radical (unpaired) electrons. The van der Waals surface area contributed by atoms with E-state index in [2.05, 4.69) is 20.3 Å². The van der Waals surface area contributed by atoms with E-state index >= 15 is 0 Å². The van der Waals surface area contributed by atoms with Gasteiger partial charge >= 0.3 is 0 Å². The molecule has 0 unspecified atom stereocenters. The molecule has 102 valence electrons. The molecule has 2 heterocycles. The summed E-state index contributed by atoms with van der Waals surface area (Å²) in [5, 5.41) is 10.9. The van der Waals surface area contributed by atoms with Crippen molar-refractivity contribution in [3.8, 4) is 11.5 Å². The zero-order chi connectivity index (χ0) is 13.3. The van der Waals surface area contributed by atoms with Gasteiger partial charge in [0.15, 0.2) is 5.82 Å². The minimum atomic E-state index is -0.435. The minimum absolute atomic E-state index is 0.435. The lowest BCUT2D eigenvalue weighted by Crippen LogP contribution is -2.37. The van der Waals surface area contributed by atoms with Gasteiger partial charge in [-0.1, -0.05) is 30.8 Å². The second kappa shape index (κ2) is 4.77. The molecular formula is C13H19N5O. The van der Waals surface area contributed by atoms with Crippen LogP contribution in [0.4, 0.5) is 0 Å². The van der Waals surface area contributed by atoms with Gasteiger partial charge in [-0.15, -0.1) is 0 Å². The third kappa shape index (κ3) is 2.28. The summed E-state index contributed by atoms with van der Waals surface area (Å²) in [5.41, 5.74) is 7.80. The van der Waals surface area contributed by atoms with Crippen molar-refractivity contribution in [1.82, 2.24) is 20.3 Å². The molecule has 0 atom stereocenters. The zero-order valence-electron chi connectivity index (χ0n) is 11.1. The number of nitrogens with one attached hydrogen (secondary N) is 1. The highest BCUT2D eigenvalue weighted by atomic mass is 16.5. The summed E-state index contributed by atoms with van der Waals surface area (Å²) in [5.74, 6) is 1.13. The molecule has 0 aliphatic heterocycles. The Morgan fingerprint density at radius 3 is 2.63 bits per heavy atom. The molecule has 0 spiro atoms. The highest BCUT2D eigenvalue weighted by Crippen LogP contribution is 2.33. The van der Waals surface area contributed by atoms with Crippen LogP contribution in [0.1, 0.15) is 50.0 Å². The Labute approximate surface area is 111 Å². The summed E-state index contributed by atoms with van der Waals surface area (Å²) in [7, 11) is 0. The van der Waals surface area contributed by atoms with Crippen molar-refractivity contribution in [3.05, 3.63) is 17.7 Å². The fourth-order valence-electron chi connectivity index (χ4n) is 2.68. The maximum absolute atomic E-state index is 6.48. The van der Waals surface area contributed by atoms with Crippen LogP contribution in [0.2, 0.25) is 0 Å². The van der Waals surface area contributed by atoms with E-state index in [-0.39, 0.29) is 0 Å². The first-order valence-corrected chi connectivity index (χ1v) is 6.82. The molecule has 1 aliphatic rings. The Kier molecular flexibility index (Phi) is 3.10. The number of nitrogens with two attached hydrogens (primary N) is 1. The maximum atomic E-state index is 6.48. The van der Waals surface area contributed by atoms with Crippen molar-refractivity contribution >= 4 is 0 Å². The molecule has 6 nitrogen and oxygen atoms in total. The normalized spacial score (nSPS) is 19.3. The number of aromatic amines is 1. The van der Waals surface area contributed by atoms with Gasteiger partial charge in [0.05, 0.1) is 17.3 Å². The van der Waals surface area contributed by atoms with Crippen LogP contribution in [0.5, 0.6) is 0 Å². The van der Waals surface area contributed by atoms with Crippen molar-refractivity contribution in [3.63, 3.8) is 0 Å². The number of H-pyrrole nitrogens is 1. The predicted octanol–water partition coefficient (Wildman–Crippen LogP) is 2.28.